The highest BCUT2D eigenvalue weighted by molar-refractivity contribution is 5.37. The Morgan fingerprint density at radius 1 is 1.39 bits per heavy atom. The zero-order chi connectivity index (χ0) is 13.2. The summed E-state index contributed by atoms with van der Waals surface area (Å²) in [7, 11) is 0. The van der Waals surface area contributed by atoms with Crippen LogP contribution in [0.2, 0.25) is 0 Å². The van der Waals surface area contributed by atoms with Crippen molar-refractivity contribution < 1.29 is 9.13 Å². The van der Waals surface area contributed by atoms with E-state index in [9.17, 15) is 4.39 Å². The number of nitrogens with one attached hydrogen (secondary N) is 1. The van der Waals surface area contributed by atoms with Crippen LogP contribution < -0.4 is 5.32 Å². The van der Waals surface area contributed by atoms with Gasteiger partial charge >= 0.3 is 0 Å². The van der Waals surface area contributed by atoms with Gasteiger partial charge in [0.05, 0.1) is 11.6 Å². The van der Waals surface area contributed by atoms with Gasteiger partial charge in [0, 0.05) is 19.8 Å². The lowest BCUT2D eigenvalue weighted by Gasteiger charge is -2.07. The first kappa shape index (κ1) is 14.6. The molecule has 0 aliphatic rings. The largest absolute Gasteiger partial charge is 0.381 e. The lowest BCUT2D eigenvalue weighted by Crippen LogP contribution is -2.17. The summed E-state index contributed by atoms with van der Waals surface area (Å²) in [4.78, 5) is 0. The molecule has 3 nitrogen and oxygen atoms in total. The molecule has 4 heteroatoms. The van der Waals surface area contributed by atoms with E-state index in [0.29, 0.717) is 17.7 Å². The molecule has 1 aromatic rings. The average Bonchev–Trinajstić information content (AvgIpc) is 2.38. The van der Waals surface area contributed by atoms with Crippen LogP contribution in [0.5, 0.6) is 0 Å². The lowest BCUT2D eigenvalue weighted by atomic mass is 10.1. The molecule has 0 heterocycles. The van der Waals surface area contributed by atoms with E-state index < -0.39 is 0 Å². The SMILES string of the molecule is CCCOCCCNCc1cc(F)ccc1C#N. The summed E-state index contributed by atoms with van der Waals surface area (Å²) >= 11 is 0. The Kier molecular flexibility index (Phi) is 7.00. The Bertz CT molecular complexity index is 401. The van der Waals surface area contributed by atoms with Crippen LogP contribution in [0.4, 0.5) is 4.39 Å². The molecule has 0 aliphatic carbocycles. The number of nitriles is 1. The predicted molar refractivity (Wildman–Crippen MR) is 68.5 cm³/mol. The van der Waals surface area contributed by atoms with Crippen molar-refractivity contribution in [3.05, 3.63) is 35.1 Å². The van der Waals surface area contributed by atoms with Gasteiger partial charge in [-0.05, 0) is 43.1 Å². The highest BCUT2D eigenvalue weighted by Crippen LogP contribution is 2.09. The monoisotopic (exact) mass is 250 g/mol. The van der Waals surface area contributed by atoms with Crippen molar-refractivity contribution in [3.8, 4) is 6.07 Å². The van der Waals surface area contributed by atoms with E-state index in [4.69, 9.17) is 10.00 Å². The zero-order valence-electron chi connectivity index (χ0n) is 10.7. The van der Waals surface area contributed by atoms with Gasteiger partial charge in [0.15, 0.2) is 0 Å². The molecule has 0 saturated heterocycles. The molecule has 0 amide bonds. The van der Waals surface area contributed by atoms with Crippen molar-refractivity contribution in [1.82, 2.24) is 5.32 Å². The molecule has 1 aromatic carbocycles. The van der Waals surface area contributed by atoms with Crippen molar-refractivity contribution in [3.63, 3.8) is 0 Å². The first-order valence-electron chi connectivity index (χ1n) is 6.25. The average molecular weight is 250 g/mol. The van der Waals surface area contributed by atoms with Crippen LogP contribution >= 0.6 is 0 Å². The van der Waals surface area contributed by atoms with Gasteiger partial charge in [-0.15, -0.1) is 0 Å². The Balaban J connectivity index is 2.27. The van der Waals surface area contributed by atoms with Gasteiger partial charge in [0.1, 0.15) is 5.82 Å². The fraction of sp³-hybridized carbons (Fsp3) is 0.500. The minimum atomic E-state index is -0.308. The Morgan fingerprint density at radius 3 is 2.94 bits per heavy atom. The zero-order valence-corrected chi connectivity index (χ0v) is 10.7. The Labute approximate surface area is 108 Å². The molecule has 0 atom stereocenters. The van der Waals surface area contributed by atoms with Crippen LogP contribution in [-0.2, 0) is 11.3 Å². The van der Waals surface area contributed by atoms with E-state index in [1.165, 1.54) is 18.2 Å². The second-order valence-electron chi connectivity index (χ2n) is 4.06. The van der Waals surface area contributed by atoms with E-state index in [2.05, 4.69) is 18.3 Å². The molecule has 0 fully saturated rings. The summed E-state index contributed by atoms with van der Waals surface area (Å²) in [5.74, 6) is -0.308. The third kappa shape index (κ3) is 5.26. The maximum Gasteiger partial charge on any atom is 0.123 e. The van der Waals surface area contributed by atoms with Gasteiger partial charge in [-0.25, -0.2) is 4.39 Å². The fourth-order valence-corrected chi connectivity index (χ4v) is 1.59. The fourth-order valence-electron chi connectivity index (χ4n) is 1.59. The van der Waals surface area contributed by atoms with E-state index in [1.807, 2.05) is 0 Å². The Morgan fingerprint density at radius 2 is 2.22 bits per heavy atom. The van der Waals surface area contributed by atoms with Crippen LogP contribution in [0, 0.1) is 17.1 Å². The quantitative estimate of drug-likeness (QED) is 0.721. The van der Waals surface area contributed by atoms with Crippen LogP contribution in [0.25, 0.3) is 0 Å². The van der Waals surface area contributed by atoms with Gasteiger partial charge in [0.25, 0.3) is 0 Å². The third-order valence-corrected chi connectivity index (χ3v) is 2.49. The van der Waals surface area contributed by atoms with Crippen LogP contribution in [0.3, 0.4) is 0 Å². The van der Waals surface area contributed by atoms with Crippen LogP contribution in [0.15, 0.2) is 18.2 Å². The van der Waals surface area contributed by atoms with Gasteiger partial charge in [-0.2, -0.15) is 5.26 Å². The van der Waals surface area contributed by atoms with Gasteiger partial charge < -0.3 is 10.1 Å². The van der Waals surface area contributed by atoms with E-state index in [-0.39, 0.29) is 5.82 Å². The molecule has 0 bridgehead atoms. The van der Waals surface area contributed by atoms with Crippen molar-refractivity contribution in [1.29, 1.82) is 5.26 Å². The molecule has 0 aromatic heterocycles. The van der Waals surface area contributed by atoms with Crippen LogP contribution in [-0.4, -0.2) is 19.8 Å². The summed E-state index contributed by atoms with van der Waals surface area (Å²) in [6, 6.07) is 6.28. The smallest absolute Gasteiger partial charge is 0.123 e. The predicted octanol–water partition coefficient (Wildman–Crippen LogP) is 2.60. The molecular formula is C14H19FN2O. The second kappa shape index (κ2) is 8.62. The number of hydrogen-bond donors (Lipinski definition) is 1. The number of hydrogen-bond acceptors (Lipinski definition) is 3. The maximum absolute atomic E-state index is 13.0. The van der Waals surface area contributed by atoms with Crippen molar-refractivity contribution in [2.24, 2.45) is 0 Å². The number of halogens is 1. The van der Waals surface area contributed by atoms with E-state index >= 15 is 0 Å². The molecule has 0 radical (unpaired) electrons. The highest BCUT2D eigenvalue weighted by atomic mass is 19.1. The summed E-state index contributed by atoms with van der Waals surface area (Å²) < 4.78 is 18.4. The molecule has 1 N–H and O–H groups in total. The molecule has 0 spiro atoms. The van der Waals surface area contributed by atoms with Crippen molar-refractivity contribution in [2.45, 2.75) is 26.3 Å². The van der Waals surface area contributed by atoms with Gasteiger partial charge in [-0.1, -0.05) is 6.92 Å². The second-order valence-corrected chi connectivity index (χ2v) is 4.06. The third-order valence-electron chi connectivity index (χ3n) is 2.49. The summed E-state index contributed by atoms with van der Waals surface area (Å²) in [6.45, 7) is 4.91. The summed E-state index contributed by atoms with van der Waals surface area (Å²) in [6.07, 6.45) is 1.94. The molecule has 18 heavy (non-hydrogen) atoms. The number of nitrogens with zero attached hydrogens (tertiary/aromatic N) is 1. The first-order chi connectivity index (χ1) is 8.77. The van der Waals surface area contributed by atoms with Crippen molar-refractivity contribution >= 4 is 0 Å². The molecule has 0 saturated carbocycles. The number of rotatable bonds is 8. The minimum absolute atomic E-state index is 0.308. The van der Waals surface area contributed by atoms with Crippen LogP contribution in [0.1, 0.15) is 30.9 Å². The number of ether oxygens (including phenoxy) is 1. The number of benzene rings is 1. The normalized spacial score (nSPS) is 10.3. The molecule has 0 unspecified atom stereocenters. The molecule has 0 aliphatic heterocycles. The Hall–Kier alpha value is -1.44. The lowest BCUT2D eigenvalue weighted by molar-refractivity contribution is 0.132. The molecule has 1 rings (SSSR count). The van der Waals surface area contributed by atoms with E-state index in [0.717, 1.165) is 32.6 Å². The minimum Gasteiger partial charge on any atom is -0.381 e. The van der Waals surface area contributed by atoms with E-state index in [1.54, 1.807) is 0 Å². The van der Waals surface area contributed by atoms with Crippen molar-refractivity contribution in [2.75, 3.05) is 19.8 Å². The standard InChI is InChI=1S/C14H19FN2O/c1-2-7-18-8-3-6-17-11-13-9-14(15)5-4-12(13)10-16/h4-5,9,17H,2-3,6-8,11H2,1H3. The molecular weight excluding hydrogens is 231 g/mol. The summed E-state index contributed by atoms with van der Waals surface area (Å²) in [5, 5.41) is 12.1. The highest BCUT2D eigenvalue weighted by Gasteiger charge is 2.02. The van der Waals surface area contributed by atoms with Gasteiger partial charge in [-0.3, -0.25) is 0 Å². The maximum atomic E-state index is 13.0. The topological polar surface area (TPSA) is 45.0 Å². The first-order valence-corrected chi connectivity index (χ1v) is 6.25. The van der Waals surface area contributed by atoms with Gasteiger partial charge in [0.2, 0.25) is 0 Å². The molecule has 98 valence electrons. The summed E-state index contributed by atoms with van der Waals surface area (Å²) in [5.41, 5.74) is 1.22.